The molecule has 1 aromatic heterocycles. The molecule has 0 aliphatic carbocycles. The average molecular weight is 269 g/mol. The average Bonchev–Trinajstić information content (AvgIpc) is 2.25. The minimum Gasteiger partial charge on any atom is -0.358 e. The first-order chi connectivity index (χ1) is 9.18. The zero-order valence-electron chi connectivity index (χ0n) is 13.2. The van der Waals surface area contributed by atoms with E-state index >= 15 is 0 Å². The molecule has 0 aliphatic heterocycles. The second-order valence-electron chi connectivity index (χ2n) is 6.65. The molecule has 0 atom stereocenters. The summed E-state index contributed by atoms with van der Waals surface area (Å²) in [5.74, 6) is 0. The Bertz CT molecular complexity index is 679. The van der Waals surface area contributed by atoms with Crippen LogP contribution in [-0.4, -0.2) is 4.98 Å². The summed E-state index contributed by atoms with van der Waals surface area (Å²) in [6.45, 7) is 12.8. The minimum atomic E-state index is 0.0509. The molecule has 1 heterocycles. The van der Waals surface area contributed by atoms with Gasteiger partial charge < -0.3 is 4.98 Å². The first-order valence-electron chi connectivity index (χ1n) is 7.01. The third kappa shape index (κ3) is 2.84. The first-order valence-corrected chi connectivity index (χ1v) is 7.01. The van der Waals surface area contributed by atoms with Gasteiger partial charge in [0.05, 0.1) is 0 Å². The fourth-order valence-electron chi connectivity index (χ4n) is 2.64. The van der Waals surface area contributed by atoms with Gasteiger partial charge >= 0.3 is 0 Å². The van der Waals surface area contributed by atoms with Gasteiger partial charge in [-0.3, -0.25) is 4.79 Å². The summed E-state index contributed by atoms with van der Waals surface area (Å²) in [7, 11) is 0. The van der Waals surface area contributed by atoms with Crippen molar-refractivity contribution in [2.24, 2.45) is 0 Å². The number of aryl methyl sites for hydroxylation is 3. The fraction of sp³-hybridized carbons (Fsp3) is 0.389. The van der Waals surface area contributed by atoms with Crippen LogP contribution in [0.5, 0.6) is 0 Å². The van der Waals surface area contributed by atoms with Crippen LogP contribution < -0.4 is 5.43 Å². The summed E-state index contributed by atoms with van der Waals surface area (Å²) >= 11 is 0. The number of aromatic amines is 1. The van der Waals surface area contributed by atoms with E-state index in [1.165, 1.54) is 16.7 Å². The second-order valence-corrected chi connectivity index (χ2v) is 6.65. The maximum atomic E-state index is 11.7. The van der Waals surface area contributed by atoms with Gasteiger partial charge in [0, 0.05) is 29.1 Å². The van der Waals surface area contributed by atoms with E-state index in [0.717, 1.165) is 17.0 Å². The van der Waals surface area contributed by atoms with E-state index in [9.17, 15) is 4.79 Å². The van der Waals surface area contributed by atoms with E-state index < -0.39 is 0 Å². The molecule has 106 valence electrons. The maximum absolute atomic E-state index is 11.7. The third-order valence-corrected chi connectivity index (χ3v) is 3.65. The molecule has 2 nitrogen and oxygen atoms in total. The van der Waals surface area contributed by atoms with Crippen LogP contribution in [-0.2, 0) is 5.41 Å². The lowest BCUT2D eigenvalue weighted by molar-refractivity contribution is 0.589. The molecule has 0 bridgehead atoms. The smallest absolute Gasteiger partial charge is 0.182 e. The first kappa shape index (κ1) is 14.6. The molecule has 0 saturated heterocycles. The lowest BCUT2D eigenvalue weighted by Gasteiger charge is -2.22. The fourth-order valence-corrected chi connectivity index (χ4v) is 2.64. The van der Waals surface area contributed by atoms with E-state index in [0.29, 0.717) is 0 Å². The molecule has 0 radical (unpaired) electrons. The normalized spacial score (nSPS) is 11.7. The van der Waals surface area contributed by atoms with Crippen molar-refractivity contribution in [3.8, 4) is 11.3 Å². The summed E-state index contributed by atoms with van der Waals surface area (Å²) in [5, 5.41) is 0. The highest BCUT2D eigenvalue weighted by Gasteiger charge is 2.17. The van der Waals surface area contributed by atoms with Gasteiger partial charge in [0.25, 0.3) is 0 Å². The Morgan fingerprint density at radius 3 is 1.90 bits per heavy atom. The number of hydrogen-bond donors (Lipinski definition) is 1. The SMILES string of the molecule is Cc1cc(=O)cc(-c2c(C)cc(C(C)(C)C)cc2C)[nH]1. The van der Waals surface area contributed by atoms with E-state index in [4.69, 9.17) is 0 Å². The minimum absolute atomic E-state index is 0.0509. The predicted molar refractivity (Wildman–Crippen MR) is 85.4 cm³/mol. The lowest BCUT2D eigenvalue weighted by Crippen LogP contribution is -2.12. The Morgan fingerprint density at radius 1 is 0.900 bits per heavy atom. The van der Waals surface area contributed by atoms with E-state index in [-0.39, 0.29) is 10.8 Å². The largest absolute Gasteiger partial charge is 0.358 e. The third-order valence-electron chi connectivity index (χ3n) is 3.65. The second kappa shape index (κ2) is 4.93. The number of benzene rings is 1. The Hall–Kier alpha value is -1.83. The van der Waals surface area contributed by atoms with Crippen LogP contribution in [0.4, 0.5) is 0 Å². The number of pyridine rings is 1. The van der Waals surface area contributed by atoms with Crippen LogP contribution in [0.25, 0.3) is 11.3 Å². The van der Waals surface area contributed by atoms with Crippen LogP contribution in [0.15, 0.2) is 29.1 Å². The maximum Gasteiger partial charge on any atom is 0.182 e. The molecule has 2 aromatic rings. The molecule has 0 spiro atoms. The number of H-pyrrole nitrogens is 1. The number of nitrogens with one attached hydrogen (secondary N) is 1. The van der Waals surface area contributed by atoms with Crippen molar-refractivity contribution in [2.45, 2.75) is 47.0 Å². The molecule has 2 rings (SSSR count). The number of aromatic nitrogens is 1. The molecular formula is C18H23NO. The van der Waals surface area contributed by atoms with E-state index in [2.05, 4.69) is 51.7 Å². The van der Waals surface area contributed by atoms with Crippen LogP contribution in [0.2, 0.25) is 0 Å². The van der Waals surface area contributed by atoms with Gasteiger partial charge in [-0.2, -0.15) is 0 Å². The van der Waals surface area contributed by atoms with Crippen molar-refractivity contribution in [3.05, 3.63) is 56.9 Å². The summed E-state index contributed by atoms with van der Waals surface area (Å²) in [4.78, 5) is 15.0. The van der Waals surface area contributed by atoms with E-state index in [1.54, 1.807) is 12.1 Å². The summed E-state index contributed by atoms with van der Waals surface area (Å²) in [6.07, 6.45) is 0. The van der Waals surface area contributed by atoms with Crippen molar-refractivity contribution in [2.75, 3.05) is 0 Å². The Morgan fingerprint density at radius 2 is 1.45 bits per heavy atom. The standard InChI is InChI=1S/C18H23NO/c1-11-7-14(18(4,5)6)8-12(2)17(11)16-10-15(20)9-13(3)19-16/h7-10H,1-6H3,(H,19,20). The number of rotatable bonds is 1. The van der Waals surface area contributed by atoms with Crippen LogP contribution in [0.1, 0.15) is 43.2 Å². The van der Waals surface area contributed by atoms with Crippen molar-refractivity contribution in [1.29, 1.82) is 0 Å². The van der Waals surface area contributed by atoms with Gasteiger partial charge in [0.2, 0.25) is 0 Å². The van der Waals surface area contributed by atoms with Crippen LogP contribution in [0, 0.1) is 20.8 Å². The Labute approximate surface area is 120 Å². The topological polar surface area (TPSA) is 32.9 Å². The molecule has 0 amide bonds. The highest BCUT2D eigenvalue weighted by atomic mass is 16.1. The van der Waals surface area contributed by atoms with Crippen LogP contribution in [0.3, 0.4) is 0 Å². The van der Waals surface area contributed by atoms with Crippen molar-refractivity contribution >= 4 is 0 Å². The van der Waals surface area contributed by atoms with Gasteiger partial charge in [0.1, 0.15) is 0 Å². The highest BCUT2D eigenvalue weighted by Crippen LogP contribution is 2.31. The molecule has 2 heteroatoms. The Kier molecular flexibility index (Phi) is 3.59. The van der Waals surface area contributed by atoms with Crippen molar-refractivity contribution in [3.63, 3.8) is 0 Å². The molecule has 1 aromatic carbocycles. The lowest BCUT2D eigenvalue weighted by atomic mass is 9.83. The quantitative estimate of drug-likeness (QED) is 0.824. The van der Waals surface area contributed by atoms with Crippen molar-refractivity contribution in [1.82, 2.24) is 4.98 Å². The zero-order chi connectivity index (χ0) is 15.1. The van der Waals surface area contributed by atoms with Gasteiger partial charge in [-0.15, -0.1) is 0 Å². The van der Waals surface area contributed by atoms with Gasteiger partial charge in [0.15, 0.2) is 5.43 Å². The monoisotopic (exact) mass is 269 g/mol. The molecule has 1 N–H and O–H groups in total. The molecule has 0 saturated carbocycles. The Balaban J connectivity index is 2.67. The molecular weight excluding hydrogens is 246 g/mol. The van der Waals surface area contributed by atoms with Gasteiger partial charge in [-0.05, 0) is 42.9 Å². The predicted octanol–water partition coefficient (Wildman–Crippen LogP) is 4.26. The molecule has 0 fully saturated rings. The van der Waals surface area contributed by atoms with Gasteiger partial charge in [-0.25, -0.2) is 0 Å². The summed E-state index contributed by atoms with van der Waals surface area (Å²) in [5.41, 5.74) is 6.86. The van der Waals surface area contributed by atoms with E-state index in [1.807, 2.05) is 6.92 Å². The van der Waals surface area contributed by atoms with Crippen LogP contribution >= 0.6 is 0 Å². The molecule has 0 unspecified atom stereocenters. The molecule has 20 heavy (non-hydrogen) atoms. The molecule has 0 aliphatic rings. The van der Waals surface area contributed by atoms with Gasteiger partial charge in [-0.1, -0.05) is 32.9 Å². The van der Waals surface area contributed by atoms with Crippen molar-refractivity contribution < 1.29 is 0 Å². The zero-order valence-corrected chi connectivity index (χ0v) is 13.2. The summed E-state index contributed by atoms with van der Waals surface area (Å²) in [6, 6.07) is 7.75. The highest BCUT2D eigenvalue weighted by molar-refractivity contribution is 5.68. The number of hydrogen-bond acceptors (Lipinski definition) is 1. The summed E-state index contributed by atoms with van der Waals surface area (Å²) < 4.78 is 0.